The molecule has 2 heteroatoms. The highest BCUT2D eigenvalue weighted by Gasteiger charge is 2.21. The highest BCUT2D eigenvalue weighted by Crippen LogP contribution is 2.35. The van der Waals surface area contributed by atoms with Crippen LogP contribution in [0.4, 0.5) is 0 Å². The number of hydrogen-bond donors (Lipinski definition) is 1. The third-order valence-electron chi connectivity index (χ3n) is 2.78. The Kier molecular flexibility index (Phi) is 3.08. The molecule has 0 amide bonds. The maximum Gasteiger partial charge on any atom is 0.0352 e. The molecular weight excluding hydrogens is 202 g/mol. The van der Waals surface area contributed by atoms with Gasteiger partial charge in [-0.05, 0) is 50.3 Å². The molecule has 0 radical (unpaired) electrons. The SMILES string of the molecule is CC(C)(N)c1ccc(SCC2CC2)cc1. The lowest BCUT2D eigenvalue weighted by molar-refractivity contribution is 0.554. The largest absolute Gasteiger partial charge is 0.322 e. The molecule has 1 aromatic carbocycles. The Labute approximate surface area is 96.4 Å². The van der Waals surface area contributed by atoms with Crippen LogP contribution in [0.25, 0.3) is 0 Å². The molecule has 0 aliphatic heterocycles. The fraction of sp³-hybridized carbons (Fsp3) is 0.538. The number of rotatable bonds is 4. The van der Waals surface area contributed by atoms with Gasteiger partial charge in [-0.2, -0.15) is 0 Å². The van der Waals surface area contributed by atoms with Crippen LogP contribution >= 0.6 is 11.8 Å². The molecule has 1 nitrogen and oxygen atoms in total. The van der Waals surface area contributed by atoms with Crippen molar-refractivity contribution in [1.29, 1.82) is 0 Å². The minimum absolute atomic E-state index is 0.223. The molecule has 1 aromatic rings. The summed E-state index contributed by atoms with van der Waals surface area (Å²) in [6.45, 7) is 4.08. The van der Waals surface area contributed by atoms with E-state index >= 15 is 0 Å². The molecule has 1 fully saturated rings. The first kappa shape index (κ1) is 11.0. The molecule has 15 heavy (non-hydrogen) atoms. The van der Waals surface area contributed by atoms with Crippen LogP contribution in [0.1, 0.15) is 32.3 Å². The number of nitrogens with two attached hydrogens (primary N) is 1. The Morgan fingerprint density at radius 2 is 1.87 bits per heavy atom. The summed E-state index contributed by atoms with van der Waals surface area (Å²) in [5, 5.41) is 0. The van der Waals surface area contributed by atoms with Gasteiger partial charge in [0.25, 0.3) is 0 Å². The minimum atomic E-state index is -0.223. The molecule has 82 valence electrons. The van der Waals surface area contributed by atoms with Crippen molar-refractivity contribution in [2.45, 2.75) is 37.1 Å². The average Bonchev–Trinajstić information content (AvgIpc) is 2.97. The van der Waals surface area contributed by atoms with Crippen LogP contribution < -0.4 is 5.73 Å². The van der Waals surface area contributed by atoms with Crippen LogP contribution in [0.5, 0.6) is 0 Å². The Bertz CT molecular complexity index is 319. The van der Waals surface area contributed by atoms with Crippen molar-refractivity contribution < 1.29 is 0 Å². The lowest BCUT2D eigenvalue weighted by Crippen LogP contribution is -2.28. The first-order chi connectivity index (χ1) is 7.05. The highest BCUT2D eigenvalue weighted by atomic mass is 32.2. The maximum absolute atomic E-state index is 6.03. The van der Waals surface area contributed by atoms with E-state index in [4.69, 9.17) is 5.73 Å². The highest BCUT2D eigenvalue weighted by molar-refractivity contribution is 7.99. The van der Waals surface area contributed by atoms with Crippen molar-refractivity contribution in [3.05, 3.63) is 29.8 Å². The molecule has 0 aromatic heterocycles. The Morgan fingerprint density at radius 3 is 2.33 bits per heavy atom. The van der Waals surface area contributed by atoms with E-state index in [0.717, 1.165) is 5.92 Å². The summed E-state index contributed by atoms with van der Waals surface area (Å²) in [6, 6.07) is 8.68. The van der Waals surface area contributed by atoms with Crippen LogP contribution in [0.2, 0.25) is 0 Å². The molecule has 0 unspecified atom stereocenters. The molecule has 0 bridgehead atoms. The quantitative estimate of drug-likeness (QED) is 0.789. The molecule has 0 spiro atoms. The van der Waals surface area contributed by atoms with Crippen molar-refractivity contribution in [2.24, 2.45) is 11.7 Å². The molecule has 2 N–H and O–H groups in total. The van der Waals surface area contributed by atoms with E-state index in [1.807, 2.05) is 25.6 Å². The van der Waals surface area contributed by atoms with E-state index in [0.29, 0.717) is 0 Å². The summed E-state index contributed by atoms with van der Waals surface area (Å²) in [7, 11) is 0. The van der Waals surface area contributed by atoms with E-state index in [2.05, 4.69) is 24.3 Å². The number of hydrogen-bond acceptors (Lipinski definition) is 2. The van der Waals surface area contributed by atoms with Crippen molar-refractivity contribution in [1.82, 2.24) is 0 Å². The Morgan fingerprint density at radius 1 is 1.27 bits per heavy atom. The van der Waals surface area contributed by atoms with E-state index in [1.54, 1.807) is 0 Å². The Hall–Kier alpha value is -0.470. The van der Waals surface area contributed by atoms with Crippen LogP contribution in [-0.2, 0) is 5.54 Å². The molecule has 0 saturated heterocycles. The van der Waals surface area contributed by atoms with Gasteiger partial charge in [0.15, 0.2) is 0 Å². The maximum atomic E-state index is 6.03. The third kappa shape index (κ3) is 3.25. The summed E-state index contributed by atoms with van der Waals surface area (Å²) >= 11 is 1.97. The summed E-state index contributed by atoms with van der Waals surface area (Å²) in [6.07, 6.45) is 2.86. The fourth-order valence-electron chi connectivity index (χ4n) is 1.48. The molecule has 0 heterocycles. The topological polar surface area (TPSA) is 26.0 Å². The molecule has 1 saturated carbocycles. The number of benzene rings is 1. The first-order valence-corrected chi connectivity index (χ1v) is 6.56. The van der Waals surface area contributed by atoms with Crippen molar-refractivity contribution >= 4 is 11.8 Å². The molecule has 0 atom stereocenters. The van der Waals surface area contributed by atoms with Gasteiger partial charge in [-0.3, -0.25) is 0 Å². The van der Waals surface area contributed by atoms with Gasteiger partial charge in [-0.1, -0.05) is 12.1 Å². The molecule has 1 aliphatic carbocycles. The monoisotopic (exact) mass is 221 g/mol. The van der Waals surface area contributed by atoms with Crippen molar-refractivity contribution in [2.75, 3.05) is 5.75 Å². The summed E-state index contributed by atoms with van der Waals surface area (Å²) < 4.78 is 0. The van der Waals surface area contributed by atoms with Gasteiger partial charge in [0.1, 0.15) is 0 Å². The zero-order valence-electron chi connectivity index (χ0n) is 9.49. The van der Waals surface area contributed by atoms with Crippen LogP contribution in [-0.4, -0.2) is 5.75 Å². The summed E-state index contributed by atoms with van der Waals surface area (Å²) in [5.74, 6) is 2.27. The summed E-state index contributed by atoms with van der Waals surface area (Å²) in [5.41, 5.74) is 7.02. The van der Waals surface area contributed by atoms with Gasteiger partial charge in [-0.15, -0.1) is 11.8 Å². The average molecular weight is 221 g/mol. The standard InChI is InChI=1S/C13H19NS/c1-13(2,14)11-5-7-12(8-6-11)15-9-10-3-4-10/h5-8,10H,3-4,9,14H2,1-2H3. The van der Waals surface area contributed by atoms with E-state index in [1.165, 1.54) is 29.1 Å². The van der Waals surface area contributed by atoms with E-state index < -0.39 is 0 Å². The zero-order valence-corrected chi connectivity index (χ0v) is 10.3. The normalized spacial score (nSPS) is 16.7. The Balaban J connectivity index is 1.96. The predicted octanol–water partition coefficient (Wildman–Crippen LogP) is 3.38. The van der Waals surface area contributed by atoms with Crippen molar-refractivity contribution in [3.8, 4) is 0 Å². The van der Waals surface area contributed by atoms with Gasteiger partial charge in [0.05, 0.1) is 0 Å². The second-order valence-corrected chi connectivity index (χ2v) is 6.09. The van der Waals surface area contributed by atoms with Gasteiger partial charge in [0.2, 0.25) is 0 Å². The lowest BCUT2D eigenvalue weighted by Gasteiger charge is -2.19. The van der Waals surface area contributed by atoms with Gasteiger partial charge >= 0.3 is 0 Å². The van der Waals surface area contributed by atoms with Gasteiger partial charge < -0.3 is 5.73 Å². The summed E-state index contributed by atoms with van der Waals surface area (Å²) in [4.78, 5) is 1.37. The van der Waals surface area contributed by atoms with Crippen molar-refractivity contribution in [3.63, 3.8) is 0 Å². The van der Waals surface area contributed by atoms with Crippen LogP contribution in [0.15, 0.2) is 29.2 Å². The molecule has 2 rings (SSSR count). The third-order valence-corrected chi connectivity index (χ3v) is 4.02. The molecular formula is C13H19NS. The fourth-order valence-corrected chi connectivity index (χ4v) is 2.57. The van der Waals surface area contributed by atoms with E-state index in [9.17, 15) is 0 Å². The van der Waals surface area contributed by atoms with E-state index in [-0.39, 0.29) is 5.54 Å². The van der Waals surface area contributed by atoms with Gasteiger partial charge in [0, 0.05) is 16.2 Å². The zero-order chi connectivity index (χ0) is 10.9. The minimum Gasteiger partial charge on any atom is -0.322 e. The first-order valence-electron chi connectivity index (χ1n) is 5.58. The number of thioether (sulfide) groups is 1. The van der Waals surface area contributed by atoms with Crippen LogP contribution in [0, 0.1) is 5.92 Å². The smallest absolute Gasteiger partial charge is 0.0352 e. The second-order valence-electron chi connectivity index (χ2n) is 5.00. The second kappa shape index (κ2) is 4.18. The van der Waals surface area contributed by atoms with Crippen LogP contribution in [0.3, 0.4) is 0 Å². The predicted molar refractivity (Wildman–Crippen MR) is 67.1 cm³/mol. The van der Waals surface area contributed by atoms with Gasteiger partial charge in [-0.25, -0.2) is 0 Å². The lowest BCUT2D eigenvalue weighted by atomic mass is 9.96. The molecule has 1 aliphatic rings.